The van der Waals surface area contributed by atoms with Gasteiger partial charge < -0.3 is 4.98 Å². The second kappa shape index (κ2) is 4.91. The summed E-state index contributed by atoms with van der Waals surface area (Å²) in [6.07, 6.45) is 1.69. The fourth-order valence-corrected chi connectivity index (χ4v) is 2.78. The second-order valence-electron chi connectivity index (χ2n) is 3.85. The van der Waals surface area contributed by atoms with E-state index in [2.05, 4.69) is 15.3 Å². The van der Waals surface area contributed by atoms with Gasteiger partial charge in [-0.15, -0.1) is 0 Å². The number of aromatic amines is 1. The maximum absolute atomic E-state index is 12.1. The SMILES string of the molecule is O=C(Nc1nc2ccccc2s1)c1ccc[nH]c1=S. The van der Waals surface area contributed by atoms with Gasteiger partial charge in [0, 0.05) is 6.20 Å². The number of thiazole rings is 1. The number of fused-ring (bicyclic) bond motifs is 1. The Morgan fingerprint density at radius 3 is 2.89 bits per heavy atom. The quantitative estimate of drug-likeness (QED) is 0.708. The van der Waals surface area contributed by atoms with Crippen molar-refractivity contribution in [2.75, 3.05) is 5.32 Å². The molecule has 0 fully saturated rings. The first kappa shape index (κ1) is 12.0. The van der Waals surface area contributed by atoms with Crippen LogP contribution in [0, 0.1) is 4.64 Å². The number of amides is 1. The third kappa shape index (κ3) is 2.40. The number of para-hydroxylation sites is 1. The summed E-state index contributed by atoms with van der Waals surface area (Å²) in [4.78, 5) is 19.3. The van der Waals surface area contributed by atoms with Crippen molar-refractivity contribution < 1.29 is 4.79 Å². The van der Waals surface area contributed by atoms with Crippen LogP contribution >= 0.6 is 23.6 Å². The molecular formula is C13H9N3OS2. The molecule has 4 nitrogen and oxygen atoms in total. The van der Waals surface area contributed by atoms with E-state index < -0.39 is 0 Å². The summed E-state index contributed by atoms with van der Waals surface area (Å²) in [7, 11) is 0. The molecule has 0 unspecified atom stereocenters. The van der Waals surface area contributed by atoms with Crippen LogP contribution in [0.3, 0.4) is 0 Å². The molecule has 0 bridgehead atoms. The summed E-state index contributed by atoms with van der Waals surface area (Å²) in [5, 5.41) is 3.34. The Kier molecular flexibility index (Phi) is 3.10. The molecule has 1 amide bonds. The number of aromatic nitrogens is 2. The van der Waals surface area contributed by atoms with Crippen LogP contribution in [0.1, 0.15) is 10.4 Å². The van der Waals surface area contributed by atoms with Gasteiger partial charge in [0.05, 0.1) is 15.8 Å². The highest BCUT2D eigenvalue weighted by atomic mass is 32.1. The first-order chi connectivity index (χ1) is 9.24. The van der Waals surface area contributed by atoms with Crippen LogP contribution in [-0.4, -0.2) is 15.9 Å². The average Bonchev–Trinajstić information content (AvgIpc) is 2.81. The van der Waals surface area contributed by atoms with Crippen molar-refractivity contribution in [3.05, 3.63) is 52.8 Å². The zero-order valence-electron chi connectivity index (χ0n) is 9.71. The number of anilines is 1. The molecule has 0 saturated carbocycles. The number of carbonyl (C=O) groups excluding carboxylic acids is 1. The summed E-state index contributed by atoms with van der Waals surface area (Å²) in [5.74, 6) is -0.249. The van der Waals surface area contributed by atoms with Crippen molar-refractivity contribution in [1.82, 2.24) is 9.97 Å². The van der Waals surface area contributed by atoms with Crippen molar-refractivity contribution in [2.24, 2.45) is 0 Å². The molecule has 2 aromatic heterocycles. The maximum atomic E-state index is 12.1. The van der Waals surface area contributed by atoms with E-state index in [1.807, 2.05) is 24.3 Å². The standard InChI is InChI=1S/C13H9N3OS2/c17-11(8-4-3-7-14-12(8)18)16-13-15-9-5-1-2-6-10(9)19-13/h1-7H,(H,14,18)(H,15,16,17). The van der Waals surface area contributed by atoms with E-state index in [0.29, 0.717) is 15.3 Å². The molecule has 0 radical (unpaired) electrons. The number of hydrogen-bond donors (Lipinski definition) is 2. The summed E-state index contributed by atoms with van der Waals surface area (Å²) in [6.45, 7) is 0. The van der Waals surface area contributed by atoms with Gasteiger partial charge in [-0.05, 0) is 24.3 Å². The van der Waals surface area contributed by atoms with E-state index in [4.69, 9.17) is 12.2 Å². The lowest BCUT2D eigenvalue weighted by Gasteiger charge is -2.00. The summed E-state index contributed by atoms with van der Waals surface area (Å²) >= 11 is 6.51. The van der Waals surface area contributed by atoms with Gasteiger partial charge in [0.2, 0.25) is 0 Å². The van der Waals surface area contributed by atoms with E-state index in [1.54, 1.807) is 18.3 Å². The summed E-state index contributed by atoms with van der Waals surface area (Å²) < 4.78 is 1.46. The van der Waals surface area contributed by atoms with Gasteiger partial charge in [0.25, 0.3) is 5.91 Å². The predicted octanol–water partition coefficient (Wildman–Crippen LogP) is 3.61. The van der Waals surface area contributed by atoms with Crippen LogP contribution in [0.25, 0.3) is 10.2 Å². The largest absolute Gasteiger partial charge is 0.352 e. The van der Waals surface area contributed by atoms with E-state index in [1.165, 1.54) is 11.3 Å². The van der Waals surface area contributed by atoms with Crippen molar-refractivity contribution in [3.63, 3.8) is 0 Å². The van der Waals surface area contributed by atoms with Crippen molar-refractivity contribution in [2.45, 2.75) is 0 Å². The van der Waals surface area contributed by atoms with Gasteiger partial charge in [-0.3, -0.25) is 10.1 Å². The van der Waals surface area contributed by atoms with Crippen LogP contribution in [0.5, 0.6) is 0 Å². The Bertz CT molecular complexity index is 774. The van der Waals surface area contributed by atoms with E-state index in [-0.39, 0.29) is 5.91 Å². The molecule has 0 aliphatic carbocycles. The monoisotopic (exact) mass is 287 g/mol. The Hall–Kier alpha value is -2.05. The lowest BCUT2D eigenvalue weighted by Crippen LogP contribution is -2.12. The van der Waals surface area contributed by atoms with Crippen LogP contribution < -0.4 is 5.32 Å². The zero-order chi connectivity index (χ0) is 13.2. The molecule has 2 heterocycles. The molecule has 94 valence electrons. The first-order valence-electron chi connectivity index (χ1n) is 5.59. The topological polar surface area (TPSA) is 57.8 Å². The molecule has 0 saturated heterocycles. The third-order valence-corrected chi connectivity index (χ3v) is 3.87. The second-order valence-corrected chi connectivity index (χ2v) is 5.29. The van der Waals surface area contributed by atoms with Crippen LogP contribution in [0.2, 0.25) is 0 Å². The molecule has 6 heteroatoms. The third-order valence-electron chi connectivity index (χ3n) is 2.58. The highest BCUT2D eigenvalue weighted by Gasteiger charge is 2.10. The molecular weight excluding hydrogens is 278 g/mol. The van der Waals surface area contributed by atoms with Gasteiger partial charge in [0.1, 0.15) is 4.64 Å². The van der Waals surface area contributed by atoms with Crippen molar-refractivity contribution in [3.8, 4) is 0 Å². The number of benzene rings is 1. The summed E-state index contributed by atoms with van der Waals surface area (Å²) in [6, 6.07) is 11.2. The number of hydrogen-bond acceptors (Lipinski definition) is 4. The molecule has 3 aromatic rings. The number of nitrogens with zero attached hydrogens (tertiary/aromatic N) is 1. The fourth-order valence-electron chi connectivity index (χ4n) is 1.69. The Balaban J connectivity index is 1.91. The number of nitrogens with one attached hydrogen (secondary N) is 2. The molecule has 1 aromatic carbocycles. The lowest BCUT2D eigenvalue weighted by molar-refractivity contribution is 0.102. The minimum atomic E-state index is -0.249. The van der Waals surface area contributed by atoms with Crippen LogP contribution in [0.15, 0.2) is 42.6 Å². The summed E-state index contributed by atoms with van der Waals surface area (Å²) in [5.41, 5.74) is 1.32. The van der Waals surface area contributed by atoms with E-state index in [9.17, 15) is 4.79 Å². The van der Waals surface area contributed by atoms with Crippen LogP contribution in [-0.2, 0) is 0 Å². The van der Waals surface area contributed by atoms with Gasteiger partial charge in [-0.25, -0.2) is 4.98 Å². The molecule has 19 heavy (non-hydrogen) atoms. The van der Waals surface area contributed by atoms with Crippen LogP contribution in [0.4, 0.5) is 5.13 Å². The van der Waals surface area contributed by atoms with E-state index in [0.717, 1.165) is 10.2 Å². The Labute approximate surface area is 118 Å². The van der Waals surface area contributed by atoms with Gasteiger partial charge in [0.15, 0.2) is 5.13 Å². The molecule has 0 atom stereocenters. The van der Waals surface area contributed by atoms with Crippen molar-refractivity contribution >= 4 is 44.8 Å². The normalized spacial score (nSPS) is 10.5. The highest BCUT2D eigenvalue weighted by Crippen LogP contribution is 2.25. The number of carbonyl (C=O) groups is 1. The minimum Gasteiger partial charge on any atom is -0.352 e. The smallest absolute Gasteiger partial charge is 0.260 e. The molecule has 3 rings (SSSR count). The van der Waals surface area contributed by atoms with Gasteiger partial charge in [-0.1, -0.05) is 35.7 Å². The fraction of sp³-hybridized carbons (Fsp3) is 0. The highest BCUT2D eigenvalue weighted by molar-refractivity contribution is 7.71. The molecule has 0 aliphatic heterocycles. The number of pyridine rings is 1. The van der Waals surface area contributed by atoms with Gasteiger partial charge >= 0.3 is 0 Å². The Morgan fingerprint density at radius 2 is 2.11 bits per heavy atom. The molecule has 0 aliphatic rings. The lowest BCUT2D eigenvalue weighted by atomic mass is 10.3. The number of H-pyrrole nitrogens is 1. The average molecular weight is 287 g/mol. The minimum absolute atomic E-state index is 0.249. The van der Waals surface area contributed by atoms with E-state index >= 15 is 0 Å². The maximum Gasteiger partial charge on any atom is 0.260 e. The van der Waals surface area contributed by atoms with Gasteiger partial charge in [-0.2, -0.15) is 0 Å². The first-order valence-corrected chi connectivity index (χ1v) is 6.81. The molecule has 2 N–H and O–H groups in total. The number of rotatable bonds is 2. The molecule has 0 spiro atoms. The predicted molar refractivity (Wildman–Crippen MR) is 79.2 cm³/mol. The van der Waals surface area contributed by atoms with Crippen molar-refractivity contribution in [1.29, 1.82) is 0 Å². The Morgan fingerprint density at radius 1 is 1.26 bits per heavy atom. The zero-order valence-corrected chi connectivity index (χ0v) is 11.3.